The molecule has 0 saturated carbocycles. The van der Waals surface area contributed by atoms with E-state index in [1.807, 2.05) is 18.2 Å². The molecule has 23 heavy (non-hydrogen) atoms. The molecule has 0 atom stereocenters. The fourth-order valence-electron chi connectivity index (χ4n) is 2.61. The molecule has 0 aliphatic rings. The first kappa shape index (κ1) is 15.6. The maximum atomic E-state index is 3.37. The molecule has 0 aliphatic carbocycles. The van der Waals surface area contributed by atoms with E-state index < -0.39 is 0 Å². The van der Waals surface area contributed by atoms with Crippen molar-refractivity contribution in [3.63, 3.8) is 0 Å². The van der Waals surface area contributed by atoms with Gasteiger partial charge in [0.05, 0.1) is 0 Å². The Bertz CT molecular complexity index is 810. The minimum atomic E-state index is 1.08. The molecule has 3 rings (SSSR count). The van der Waals surface area contributed by atoms with Crippen molar-refractivity contribution in [3.05, 3.63) is 108 Å². The van der Waals surface area contributed by atoms with Gasteiger partial charge in [-0.25, -0.2) is 0 Å². The fourth-order valence-corrected chi connectivity index (χ4v) is 2.97. The van der Waals surface area contributed by atoms with Crippen LogP contribution in [0.1, 0.15) is 16.7 Å². The van der Waals surface area contributed by atoms with Crippen LogP contribution in [0.25, 0.3) is 11.1 Å². The molecule has 107 valence electrons. The van der Waals surface area contributed by atoms with Crippen LogP contribution in [0.5, 0.6) is 0 Å². The molecule has 0 spiro atoms. The zero-order valence-corrected chi connectivity index (χ0v) is 15.5. The third-order valence-electron chi connectivity index (χ3n) is 3.62. The van der Waals surface area contributed by atoms with Crippen LogP contribution in [-0.2, 0) is 0 Å². The first-order valence-electron chi connectivity index (χ1n) is 7.48. The van der Waals surface area contributed by atoms with E-state index in [0.717, 1.165) is 11.1 Å². The first-order valence-corrected chi connectivity index (χ1v) is 8.91. The summed E-state index contributed by atoms with van der Waals surface area (Å²) >= 11 is 1.22. The van der Waals surface area contributed by atoms with Crippen molar-refractivity contribution in [1.82, 2.24) is 0 Å². The molecule has 0 fully saturated rings. The molecule has 0 aliphatic heterocycles. The van der Waals surface area contributed by atoms with Gasteiger partial charge in [0.1, 0.15) is 0 Å². The summed E-state index contributed by atoms with van der Waals surface area (Å²) < 4.78 is 3.17. The van der Waals surface area contributed by atoms with Crippen molar-refractivity contribution >= 4 is 33.7 Å². The molecule has 3 aromatic carbocycles. The van der Waals surface area contributed by atoms with Crippen molar-refractivity contribution in [3.8, 4) is 9.86 Å². The molecular formula is C22H15Sn. The van der Waals surface area contributed by atoms with E-state index in [4.69, 9.17) is 0 Å². The summed E-state index contributed by atoms with van der Waals surface area (Å²) in [5.41, 5.74) is 5.81. The monoisotopic (exact) mass is 399 g/mol. The van der Waals surface area contributed by atoms with Crippen LogP contribution in [0.2, 0.25) is 0 Å². The number of hydrogen-bond donors (Lipinski definition) is 0. The van der Waals surface area contributed by atoms with Gasteiger partial charge in [-0.1, -0.05) is 0 Å². The predicted molar refractivity (Wildman–Crippen MR) is 98.8 cm³/mol. The van der Waals surface area contributed by atoms with Gasteiger partial charge in [-0.2, -0.15) is 0 Å². The number of rotatable bonds is 3. The second kappa shape index (κ2) is 7.85. The Kier molecular flexibility index (Phi) is 5.34. The van der Waals surface area contributed by atoms with Gasteiger partial charge in [-0.05, 0) is 0 Å². The Labute approximate surface area is 151 Å². The van der Waals surface area contributed by atoms with Gasteiger partial charge in [0.2, 0.25) is 0 Å². The fraction of sp³-hybridized carbons (Fsp3) is 0. The molecule has 0 aromatic heterocycles. The molecule has 1 heteroatoms. The van der Waals surface area contributed by atoms with Crippen molar-refractivity contribution < 1.29 is 0 Å². The molecular weight excluding hydrogens is 383 g/mol. The van der Waals surface area contributed by atoms with Gasteiger partial charge in [0.15, 0.2) is 0 Å². The van der Waals surface area contributed by atoms with Crippen LogP contribution in [-0.4, -0.2) is 22.5 Å². The molecule has 0 N–H and O–H groups in total. The Morgan fingerprint density at radius 1 is 0.565 bits per heavy atom. The molecule has 0 unspecified atom stereocenters. The molecule has 0 heterocycles. The van der Waals surface area contributed by atoms with Crippen LogP contribution >= 0.6 is 0 Å². The average molecular weight is 398 g/mol. The van der Waals surface area contributed by atoms with Gasteiger partial charge in [0, 0.05) is 0 Å². The molecule has 0 amide bonds. The van der Waals surface area contributed by atoms with E-state index in [-0.39, 0.29) is 0 Å². The van der Waals surface area contributed by atoms with Gasteiger partial charge >= 0.3 is 151 Å². The van der Waals surface area contributed by atoms with Crippen LogP contribution < -0.4 is 0 Å². The SMILES string of the molecule is [Sn][C]#CC(=C(c1ccccc1)c1ccccc1)c1ccccc1. The minimum absolute atomic E-state index is 1.08. The van der Waals surface area contributed by atoms with Gasteiger partial charge < -0.3 is 0 Å². The van der Waals surface area contributed by atoms with Crippen molar-refractivity contribution in [2.75, 3.05) is 0 Å². The number of hydrogen-bond acceptors (Lipinski definition) is 0. The van der Waals surface area contributed by atoms with Gasteiger partial charge in [-0.15, -0.1) is 0 Å². The summed E-state index contributed by atoms with van der Waals surface area (Å²) in [5, 5.41) is 0. The second-order valence-corrected chi connectivity index (χ2v) is 5.81. The van der Waals surface area contributed by atoms with E-state index in [9.17, 15) is 0 Å². The van der Waals surface area contributed by atoms with E-state index in [1.165, 1.54) is 39.2 Å². The molecule has 0 bridgehead atoms. The third-order valence-corrected chi connectivity index (χ3v) is 3.98. The second-order valence-electron chi connectivity index (χ2n) is 5.10. The maximum absolute atomic E-state index is 3.37. The van der Waals surface area contributed by atoms with E-state index >= 15 is 0 Å². The number of allylic oxidation sites excluding steroid dienone is 1. The normalized spacial score (nSPS) is 9.61. The summed E-state index contributed by atoms with van der Waals surface area (Å²) in [7, 11) is 0. The van der Waals surface area contributed by atoms with Crippen LogP contribution in [0.3, 0.4) is 0 Å². The van der Waals surface area contributed by atoms with Crippen molar-refractivity contribution in [2.24, 2.45) is 0 Å². The van der Waals surface area contributed by atoms with Crippen molar-refractivity contribution in [1.29, 1.82) is 0 Å². The summed E-state index contributed by atoms with van der Waals surface area (Å²) in [6.45, 7) is 0. The van der Waals surface area contributed by atoms with Crippen molar-refractivity contribution in [2.45, 2.75) is 0 Å². The summed E-state index contributed by atoms with van der Waals surface area (Å²) in [4.78, 5) is 0. The van der Waals surface area contributed by atoms with E-state index in [1.54, 1.807) is 0 Å². The Morgan fingerprint density at radius 3 is 1.35 bits per heavy atom. The number of benzene rings is 3. The average Bonchev–Trinajstić information content (AvgIpc) is 2.64. The summed E-state index contributed by atoms with van der Waals surface area (Å²) in [6.07, 6.45) is 0. The summed E-state index contributed by atoms with van der Waals surface area (Å²) in [6, 6.07) is 31.4. The van der Waals surface area contributed by atoms with Crippen LogP contribution in [0, 0.1) is 9.86 Å². The Balaban J connectivity index is 2.33. The van der Waals surface area contributed by atoms with Gasteiger partial charge in [0.25, 0.3) is 0 Å². The Morgan fingerprint density at radius 2 is 0.957 bits per heavy atom. The summed E-state index contributed by atoms with van der Waals surface area (Å²) in [5.74, 6) is 3.37. The molecule has 0 saturated heterocycles. The Hall–Kier alpha value is -2.24. The zero-order chi connectivity index (χ0) is 15.9. The topological polar surface area (TPSA) is 0 Å². The van der Waals surface area contributed by atoms with Crippen LogP contribution in [0.4, 0.5) is 0 Å². The molecule has 3 radical (unpaired) electrons. The van der Waals surface area contributed by atoms with Gasteiger partial charge in [-0.3, -0.25) is 0 Å². The van der Waals surface area contributed by atoms with E-state index in [2.05, 4.69) is 82.7 Å². The molecule has 0 nitrogen and oxygen atoms in total. The standard InChI is InChI=1S/C22H15.Sn/c1-2-21(18-12-6-3-7-13-18)22(19-14-8-4-9-15-19)20-16-10-5-11-17-20;/h3-17H;. The molecule has 3 aromatic rings. The van der Waals surface area contributed by atoms with E-state index in [0.29, 0.717) is 0 Å². The first-order chi connectivity index (χ1) is 11.4. The third kappa shape index (κ3) is 3.75. The predicted octanol–water partition coefficient (Wildman–Crippen LogP) is 4.78. The zero-order valence-electron chi connectivity index (χ0n) is 12.7. The quantitative estimate of drug-likeness (QED) is 0.339. The van der Waals surface area contributed by atoms with Crippen LogP contribution in [0.15, 0.2) is 91.0 Å².